The second-order valence-corrected chi connectivity index (χ2v) is 6.46. The van der Waals surface area contributed by atoms with Gasteiger partial charge in [0, 0.05) is 12.5 Å². The summed E-state index contributed by atoms with van der Waals surface area (Å²) < 4.78 is 45.5. The molecule has 10 heteroatoms. The Labute approximate surface area is 169 Å². The molecule has 30 heavy (non-hydrogen) atoms. The van der Waals surface area contributed by atoms with Crippen LogP contribution in [-0.2, 0) is 19.1 Å². The monoisotopic (exact) mass is 422 g/mol. The van der Waals surface area contributed by atoms with Crippen LogP contribution in [0.2, 0.25) is 0 Å². The molecule has 1 amide bonds. The number of rotatable bonds is 5. The van der Waals surface area contributed by atoms with Crippen LogP contribution < -0.4 is 11.1 Å². The summed E-state index contributed by atoms with van der Waals surface area (Å²) in [4.78, 5) is 34.5. The topological polar surface area (TPSA) is 108 Å². The van der Waals surface area contributed by atoms with Gasteiger partial charge in [-0.3, -0.25) is 0 Å². The van der Waals surface area contributed by atoms with Crippen LogP contribution in [0.3, 0.4) is 0 Å². The molecule has 0 spiro atoms. The second-order valence-electron chi connectivity index (χ2n) is 6.46. The second kappa shape index (κ2) is 8.54. The molecule has 2 aromatic rings. The van der Waals surface area contributed by atoms with Crippen molar-refractivity contribution in [2.24, 2.45) is 5.73 Å². The molecular formula is C20H17F3N2O5. The lowest BCUT2D eigenvalue weighted by Crippen LogP contribution is -2.48. The lowest BCUT2D eigenvalue weighted by molar-refractivity contribution is -0.202. The van der Waals surface area contributed by atoms with E-state index in [4.69, 9.17) is 10.5 Å². The third-order valence-corrected chi connectivity index (χ3v) is 4.58. The number of esters is 2. The number of halogens is 3. The van der Waals surface area contributed by atoms with E-state index in [9.17, 15) is 27.6 Å². The summed E-state index contributed by atoms with van der Waals surface area (Å²) in [6, 6.07) is 13.5. The first-order valence-corrected chi connectivity index (χ1v) is 8.86. The number of amides is 1. The minimum atomic E-state index is -5.35. The Kier molecular flexibility index (Phi) is 6.06. The van der Waals surface area contributed by atoms with E-state index in [-0.39, 0.29) is 12.5 Å². The molecule has 1 atom stereocenters. The average Bonchev–Trinajstić information content (AvgIpc) is 3.03. The first kappa shape index (κ1) is 21.3. The highest BCUT2D eigenvalue weighted by Crippen LogP contribution is 2.44. The van der Waals surface area contributed by atoms with E-state index in [0.29, 0.717) is 0 Å². The molecule has 158 valence electrons. The van der Waals surface area contributed by atoms with Crippen LogP contribution in [0.1, 0.15) is 17.0 Å². The van der Waals surface area contributed by atoms with Crippen molar-refractivity contribution in [1.29, 1.82) is 0 Å². The normalized spacial score (nSPS) is 13.7. The molecule has 7 nitrogen and oxygen atoms in total. The van der Waals surface area contributed by atoms with Crippen LogP contribution >= 0.6 is 0 Å². The molecule has 3 N–H and O–H groups in total. The number of hydrogen-bond acceptors (Lipinski definition) is 6. The quantitative estimate of drug-likeness (QED) is 0.566. The van der Waals surface area contributed by atoms with E-state index in [0.717, 1.165) is 22.3 Å². The van der Waals surface area contributed by atoms with Gasteiger partial charge in [0.1, 0.15) is 12.6 Å². The zero-order valence-corrected chi connectivity index (χ0v) is 15.4. The van der Waals surface area contributed by atoms with Gasteiger partial charge in [0.2, 0.25) is 0 Å². The Morgan fingerprint density at radius 1 is 1.00 bits per heavy atom. The first-order chi connectivity index (χ1) is 14.2. The fraction of sp³-hybridized carbons (Fsp3) is 0.250. The van der Waals surface area contributed by atoms with Crippen molar-refractivity contribution in [1.82, 2.24) is 5.32 Å². The minimum absolute atomic E-state index is 0.0757. The number of hydrogen-bond donors (Lipinski definition) is 2. The van der Waals surface area contributed by atoms with Crippen molar-refractivity contribution in [2.75, 3.05) is 13.2 Å². The van der Waals surface area contributed by atoms with Gasteiger partial charge in [-0.25, -0.2) is 14.4 Å². The van der Waals surface area contributed by atoms with E-state index < -0.39 is 36.8 Å². The molecule has 0 fully saturated rings. The zero-order valence-electron chi connectivity index (χ0n) is 15.4. The van der Waals surface area contributed by atoms with Gasteiger partial charge < -0.3 is 20.5 Å². The van der Waals surface area contributed by atoms with E-state index in [1.807, 2.05) is 53.8 Å². The molecule has 1 aliphatic carbocycles. The average molecular weight is 422 g/mol. The Morgan fingerprint density at radius 3 is 2.03 bits per heavy atom. The van der Waals surface area contributed by atoms with Gasteiger partial charge in [0.15, 0.2) is 0 Å². The van der Waals surface area contributed by atoms with E-state index in [2.05, 4.69) is 4.74 Å². The zero-order chi connectivity index (χ0) is 21.9. The van der Waals surface area contributed by atoms with Crippen molar-refractivity contribution in [2.45, 2.75) is 18.1 Å². The predicted molar refractivity (Wildman–Crippen MR) is 98.2 cm³/mol. The fourth-order valence-electron chi connectivity index (χ4n) is 3.22. The molecule has 0 saturated heterocycles. The minimum Gasteiger partial charge on any atom is -0.449 e. The maximum atomic E-state index is 12.2. The summed E-state index contributed by atoms with van der Waals surface area (Å²) in [6.45, 7) is -0.665. The smallest absolute Gasteiger partial charge is 0.449 e. The van der Waals surface area contributed by atoms with Gasteiger partial charge in [0.25, 0.3) is 0 Å². The van der Waals surface area contributed by atoms with Crippen LogP contribution in [0.4, 0.5) is 18.0 Å². The molecule has 3 rings (SSSR count). The van der Waals surface area contributed by atoms with E-state index in [1.54, 1.807) is 0 Å². The summed E-state index contributed by atoms with van der Waals surface area (Å²) in [6.07, 6.45) is -6.43. The van der Waals surface area contributed by atoms with Crippen LogP contribution in [0.25, 0.3) is 11.1 Å². The molecule has 0 radical (unpaired) electrons. The molecule has 2 aromatic carbocycles. The third-order valence-electron chi connectivity index (χ3n) is 4.58. The van der Waals surface area contributed by atoms with Crippen LogP contribution in [0.5, 0.6) is 0 Å². The Morgan fingerprint density at radius 2 is 1.53 bits per heavy atom. The number of carbonyl (C=O) groups excluding carboxylic acids is 3. The summed E-state index contributed by atoms with van der Waals surface area (Å²) in [5.41, 5.74) is 9.22. The van der Waals surface area contributed by atoms with E-state index >= 15 is 0 Å². The molecular weight excluding hydrogens is 405 g/mol. The highest BCUT2D eigenvalue weighted by molar-refractivity contribution is 5.92. The molecule has 0 aliphatic heterocycles. The molecule has 1 aliphatic rings. The maximum Gasteiger partial charge on any atom is 0.491 e. The van der Waals surface area contributed by atoms with Gasteiger partial charge in [0.05, 0.1) is 0 Å². The maximum absolute atomic E-state index is 12.2. The summed E-state index contributed by atoms with van der Waals surface area (Å²) in [7, 11) is 0. The Bertz CT molecular complexity index is 931. The van der Waals surface area contributed by atoms with Crippen LogP contribution in [-0.4, -0.2) is 43.4 Å². The molecule has 0 aromatic heterocycles. The van der Waals surface area contributed by atoms with Gasteiger partial charge in [-0.05, 0) is 22.3 Å². The highest BCUT2D eigenvalue weighted by Gasteiger charge is 2.43. The van der Waals surface area contributed by atoms with Gasteiger partial charge in [-0.1, -0.05) is 48.5 Å². The molecule has 0 heterocycles. The summed E-state index contributed by atoms with van der Waals surface area (Å²) in [5, 5.41) is 2.01. The summed E-state index contributed by atoms with van der Waals surface area (Å²) in [5.74, 6) is -4.58. The van der Waals surface area contributed by atoms with Crippen molar-refractivity contribution >= 4 is 18.0 Å². The van der Waals surface area contributed by atoms with Crippen LogP contribution in [0.15, 0.2) is 48.5 Å². The van der Waals surface area contributed by atoms with Crippen molar-refractivity contribution in [3.63, 3.8) is 0 Å². The Balaban J connectivity index is 1.63. The standard InChI is InChI=1S/C20H17F3N2O5/c21-20(22,23)18(27)30-17(26)16(9-24)25-19(28)29-10-15-13-7-3-1-5-11(13)12-6-2-4-8-14(12)15/h1-8,15-16H,9-10,24H2,(H,25,28)/t16-/m0/s1. The largest absolute Gasteiger partial charge is 0.491 e. The van der Waals surface area contributed by atoms with Crippen molar-refractivity contribution in [3.05, 3.63) is 59.7 Å². The van der Waals surface area contributed by atoms with Gasteiger partial charge in [-0.2, -0.15) is 13.2 Å². The number of fused-ring (bicyclic) bond motifs is 3. The molecule has 0 unspecified atom stereocenters. The van der Waals surface area contributed by atoms with Gasteiger partial charge in [-0.15, -0.1) is 0 Å². The number of benzene rings is 2. The lowest BCUT2D eigenvalue weighted by Gasteiger charge is -2.18. The Hall–Kier alpha value is -3.40. The first-order valence-electron chi connectivity index (χ1n) is 8.86. The number of alkyl halides is 3. The van der Waals surface area contributed by atoms with Crippen LogP contribution in [0, 0.1) is 0 Å². The number of nitrogens with two attached hydrogens (primary N) is 1. The lowest BCUT2D eigenvalue weighted by atomic mass is 9.98. The van der Waals surface area contributed by atoms with Crippen molar-refractivity contribution < 1.29 is 37.0 Å². The summed E-state index contributed by atoms with van der Waals surface area (Å²) >= 11 is 0. The third kappa shape index (κ3) is 4.43. The SMILES string of the molecule is NC[C@H](NC(=O)OCC1c2ccccc2-c2ccccc21)C(=O)OC(=O)C(F)(F)F. The fourth-order valence-corrected chi connectivity index (χ4v) is 3.22. The molecule has 0 bridgehead atoms. The number of alkyl carbamates (subject to hydrolysis) is 1. The van der Waals surface area contributed by atoms with Gasteiger partial charge >= 0.3 is 24.2 Å². The number of carbonyl (C=O) groups is 3. The van der Waals surface area contributed by atoms with Crippen molar-refractivity contribution in [3.8, 4) is 11.1 Å². The number of nitrogens with one attached hydrogen (secondary N) is 1. The van der Waals surface area contributed by atoms with E-state index in [1.165, 1.54) is 0 Å². The highest BCUT2D eigenvalue weighted by atomic mass is 19.4. The molecule has 0 saturated carbocycles. The number of ether oxygens (including phenoxy) is 2. The predicted octanol–water partition coefficient (Wildman–Crippen LogP) is 2.48.